The Morgan fingerprint density at radius 3 is 2.25 bits per heavy atom. The van der Waals surface area contributed by atoms with E-state index in [0.717, 1.165) is 0 Å². The maximum absolute atomic E-state index is 13.5. The van der Waals surface area contributed by atoms with Crippen LogP contribution in [0, 0.1) is 25.5 Å². The fourth-order valence-electron chi connectivity index (χ4n) is 1.85. The van der Waals surface area contributed by atoms with E-state index in [1.165, 1.54) is 25.1 Å². The van der Waals surface area contributed by atoms with Gasteiger partial charge in [-0.1, -0.05) is 6.07 Å². The van der Waals surface area contributed by atoms with Crippen LogP contribution in [-0.2, 0) is 0 Å². The molecule has 0 spiro atoms. The molecule has 20 heavy (non-hydrogen) atoms. The van der Waals surface area contributed by atoms with Crippen molar-refractivity contribution in [2.24, 2.45) is 0 Å². The van der Waals surface area contributed by atoms with E-state index < -0.39 is 11.9 Å². The van der Waals surface area contributed by atoms with Crippen molar-refractivity contribution in [3.63, 3.8) is 0 Å². The highest BCUT2D eigenvalue weighted by molar-refractivity contribution is 5.42. The van der Waals surface area contributed by atoms with Gasteiger partial charge in [0.2, 0.25) is 0 Å². The lowest BCUT2D eigenvalue weighted by atomic mass is 10.1. The molecule has 1 atom stereocenters. The number of benzene rings is 2. The Morgan fingerprint density at radius 1 is 1.00 bits per heavy atom. The maximum atomic E-state index is 13.5. The summed E-state index contributed by atoms with van der Waals surface area (Å²) in [5.41, 5.74) is 1.24. The van der Waals surface area contributed by atoms with Gasteiger partial charge in [-0.2, -0.15) is 0 Å². The van der Waals surface area contributed by atoms with Crippen molar-refractivity contribution in [1.29, 1.82) is 0 Å². The average Bonchev–Trinajstić information content (AvgIpc) is 2.37. The van der Waals surface area contributed by atoms with Crippen molar-refractivity contribution in [3.8, 4) is 11.5 Å². The van der Waals surface area contributed by atoms with Gasteiger partial charge in [-0.15, -0.1) is 0 Å². The van der Waals surface area contributed by atoms with E-state index in [1.54, 1.807) is 26.0 Å². The van der Waals surface area contributed by atoms with Crippen LogP contribution in [0.1, 0.15) is 29.7 Å². The molecule has 2 rings (SSSR count). The molecule has 0 aliphatic rings. The molecule has 2 nitrogen and oxygen atoms in total. The van der Waals surface area contributed by atoms with Gasteiger partial charge >= 0.3 is 0 Å². The highest BCUT2D eigenvalue weighted by atomic mass is 19.1. The van der Waals surface area contributed by atoms with Gasteiger partial charge in [0, 0.05) is 11.6 Å². The van der Waals surface area contributed by atoms with Crippen molar-refractivity contribution in [2.75, 3.05) is 0 Å². The first-order valence-corrected chi connectivity index (χ1v) is 6.30. The van der Waals surface area contributed by atoms with Crippen LogP contribution in [0.3, 0.4) is 0 Å². The largest absolute Gasteiger partial charge is 0.457 e. The van der Waals surface area contributed by atoms with Gasteiger partial charge in [-0.3, -0.25) is 0 Å². The molecule has 1 N–H and O–H groups in total. The highest BCUT2D eigenvalue weighted by Crippen LogP contribution is 2.32. The lowest BCUT2D eigenvalue weighted by Gasteiger charge is -2.15. The minimum Gasteiger partial charge on any atom is -0.457 e. The van der Waals surface area contributed by atoms with E-state index >= 15 is 0 Å². The predicted molar refractivity (Wildman–Crippen MR) is 73.0 cm³/mol. The van der Waals surface area contributed by atoms with Crippen molar-refractivity contribution in [1.82, 2.24) is 0 Å². The molecule has 2 aromatic carbocycles. The molecule has 0 aliphatic carbocycles. The Morgan fingerprint density at radius 2 is 1.65 bits per heavy atom. The Kier molecular flexibility index (Phi) is 4.04. The minimum atomic E-state index is -0.879. The molecule has 106 valence electrons. The maximum Gasteiger partial charge on any atom is 0.133 e. The monoisotopic (exact) mass is 278 g/mol. The molecule has 0 unspecified atom stereocenters. The molecule has 0 amide bonds. The summed E-state index contributed by atoms with van der Waals surface area (Å²) in [6, 6.07) is 7.22. The summed E-state index contributed by atoms with van der Waals surface area (Å²) < 4.78 is 32.6. The first-order valence-electron chi connectivity index (χ1n) is 6.30. The number of rotatable bonds is 3. The molecule has 0 fully saturated rings. The zero-order chi connectivity index (χ0) is 14.9. The molecule has 0 saturated carbocycles. The number of hydrogen-bond acceptors (Lipinski definition) is 2. The molecule has 0 heterocycles. The van der Waals surface area contributed by atoms with Crippen LogP contribution in [0.5, 0.6) is 11.5 Å². The van der Waals surface area contributed by atoms with E-state index in [1.807, 2.05) is 0 Å². The second-order valence-corrected chi connectivity index (χ2v) is 4.83. The number of aliphatic hydroxyl groups excluding tert-OH is 1. The summed E-state index contributed by atoms with van der Waals surface area (Å²) in [7, 11) is 0. The van der Waals surface area contributed by atoms with Crippen LogP contribution in [0.25, 0.3) is 0 Å². The molecule has 0 saturated heterocycles. The third-order valence-corrected chi connectivity index (χ3v) is 3.11. The number of halogens is 2. The standard InChI is InChI=1S/C16H16F2O2/c1-9-4-5-12(7-14(9)17)20-16-6-10(2)15(18)8-13(16)11(3)19/h4-8,11,19H,1-3H3/t11-/m0/s1. The third kappa shape index (κ3) is 2.96. The Bertz CT molecular complexity index is 637. The molecule has 0 aromatic heterocycles. The Labute approximate surface area is 116 Å². The second kappa shape index (κ2) is 5.59. The van der Waals surface area contributed by atoms with Crippen LogP contribution in [0.2, 0.25) is 0 Å². The molecule has 2 aromatic rings. The zero-order valence-electron chi connectivity index (χ0n) is 11.6. The summed E-state index contributed by atoms with van der Waals surface area (Å²) >= 11 is 0. The minimum absolute atomic E-state index is 0.306. The van der Waals surface area contributed by atoms with Gasteiger partial charge in [-0.25, -0.2) is 8.78 Å². The quantitative estimate of drug-likeness (QED) is 0.900. The molecule has 0 bridgehead atoms. The van der Waals surface area contributed by atoms with Crippen molar-refractivity contribution < 1.29 is 18.6 Å². The first-order chi connectivity index (χ1) is 9.38. The van der Waals surface area contributed by atoms with E-state index in [2.05, 4.69) is 0 Å². The van der Waals surface area contributed by atoms with Gasteiger partial charge in [0.25, 0.3) is 0 Å². The van der Waals surface area contributed by atoms with E-state index in [0.29, 0.717) is 28.2 Å². The van der Waals surface area contributed by atoms with Gasteiger partial charge in [0.15, 0.2) is 0 Å². The summed E-state index contributed by atoms with van der Waals surface area (Å²) in [6.07, 6.45) is -0.879. The van der Waals surface area contributed by atoms with E-state index in [-0.39, 0.29) is 5.82 Å². The molecular formula is C16H16F2O2. The fourth-order valence-corrected chi connectivity index (χ4v) is 1.85. The summed E-state index contributed by atoms with van der Waals surface area (Å²) in [5, 5.41) is 9.68. The Balaban J connectivity index is 2.41. The van der Waals surface area contributed by atoms with Crippen molar-refractivity contribution in [3.05, 3.63) is 58.7 Å². The Hall–Kier alpha value is -1.94. The van der Waals surface area contributed by atoms with Gasteiger partial charge in [0.1, 0.15) is 23.1 Å². The number of aliphatic hydroxyl groups is 1. The SMILES string of the molecule is Cc1ccc(Oc2cc(C)c(F)cc2[C@H](C)O)cc1F. The zero-order valence-corrected chi connectivity index (χ0v) is 11.6. The summed E-state index contributed by atoms with van der Waals surface area (Å²) in [6.45, 7) is 4.78. The lowest BCUT2D eigenvalue weighted by molar-refractivity contribution is 0.195. The van der Waals surface area contributed by atoms with Gasteiger partial charge in [0.05, 0.1) is 6.10 Å². The number of ether oxygens (including phenoxy) is 1. The second-order valence-electron chi connectivity index (χ2n) is 4.83. The topological polar surface area (TPSA) is 29.5 Å². The van der Waals surface area contributed by atoms with E-state index in [9.17, 15) is 13.9 Å². The highest BCUT2D eigenvalue weighted by Gasteiger charge is 2.14. The van der Waals surface area contributed by atoms with Gasteiger partial charge in [-0.05, 0) is 50.1 Å². The van der Waals surface area contributed by atoms with E-state index in [4.69, 9.17) is 4.74 Å². The van der Waals surface area contributed by atoms with Crippen molar-refractivity contribution in [2.45, 2.75) is 26.9 Å². The van der Waals surface area contributed by atoms with Crippen molar-refractivity contribution >= 4 is 0 Å². The smallest absolute Gasteiger partial charge is 0.133 e. The molecule has 0 radical (unpaired) electrons. The molecule has 4 heteroatoms. The molecular weight excluding hydrogens is 262 g/mol. The van der Waals surface area contributed by atoms with Crippen LogP contribution < -0.4 is 4.74 Å². The average molecular weight is 278 g/mol. The first kappa shape index (κ1) is 14.5. The number of hydrogen-bond donors (Lipinski definition) is 1. The summed E-state index contributed by atoms with van der Waals surface area (Å²) in [4.78, 5) is 0. The normalized spacial score (nSPS) is 12.3. The third-order valence-electron chi connectivity index (χ3n) is 3.11. The summed E-state index contributed by atoms with van der Waals surface area (Å²) in [5.74, 6) is -0.161. The van der Waals surface area contributed by atoms with Crippen LogP contribution >= 0.6 is 0 Å². The van der Waals surface area contributed by atoms with Gasteiger partial charge < -0.3 is 9.84 Å². The van der Waals surface area contributed by atoms with Crippen LogP contribution in [0.15, 0.2) is 30.3 Å². The number of aryl methyl sites for hydroxylation is 2. The lowest BCUT2D eigenvalue weighted by Crippen LogP contribution is -1.99. The fraction of sp³-hybridized carbons (Fsp3) is 0.250. The molecule has 0 aliphatic heterocycles. The van der Waals surface area contributed by atoms with Crippen LogP contribution in [0.4, 0.5) is 8.78 Å². The predicted octanol–water partition coefficient (Wildman–Crippen LogP) is 4.43. The van der Waals surface area contributed by atoms with Crippen LogP contribution in [-0.4, -0.2) is 5.11 Å².